The van der Waals surface area contributed by atoms with Crippen LogP contribution in [0.2, 0.25) is 0 Å². The van der Waals surface area contributed by atoms with Crippen molar-refractivity contribution in [1.29, 1.82) is 0 Å². The van der Waals surface area contributed by atoms with Crippen molar-refractivity contribution in [2.75, 3.05) is 6.54 Å². The van der Waals surface area contributed by atoms with Crippen molar-refractivity contribution in [3.8, 4) is 5.75 Å². The standard InChI is InChI=1S/C10H13FN2O/c1-10(2)6(5-12)9-7(14-10)3-4-8(11)13-9/h3-4,6H,5,12H2,1-2H3/t6-/m1/s1. The van der Waals surface area contributed by atoms with Gasteiger partial charge in [-0.25, -0.2) is 4.98 Å². The van der Waals surface area contributed by atoms with Gasteiger partial charge in [0.15, 0.2) is 0 Å². The fourth-order valence-electron chi connectivity index (χ4n) is 1.85. The van der Waals surface area contributed by atoms with E-state index >= 15 is 0 Å². The Labute approximate surface area is 82.1 Å². The minimum atomic E-state index is -0.483. The minimum absolute atomic E-state index is 0.0341. The highest BCUT2D eigenvalue weighted by molar-refractivity contribution is 5.37. The second-order valence-corrected chi connectivity index (χ2v) is 4.01. The summed E-state index contributed by atoms with van der Waals surface area (Å²) in [4.78, 5) is 3.83. The molecule has 0 aliphatic carbocycles. The Morgan fingerprint density at radius 2 is 2.29 bits per heavy atom. The SMILES string of the molecule is CC1(C)Oc2ccc(F)nc2[C@H]1CN. The number of ether oxygens (including phenoxy) is 1. The van der Waals surface area contributed by atoms with Crippen LogP contribution in [-0.2, 0) is 0 Å². The van der Waals surface area contributed by atoms with E-state index in [9.17, 15) is 4.39 Å². The second-order valence-electron chi connectivity index (χ2n) is 4.01. The Balaban J connectivity index is 2.49. The molecule has 2 N–H and O–H groups in total. The number of rotatable bonds is 1. The average molecular weight is 196 g/mol. The Hall–Kier alpha value is -1.16. The summed E-state index contributed by atoms with van der Waals surface area (Å²) in [7, 11) is 0. The van der Waals surface area contributed by atoms with Gasteiger partial charge in [0.2, 0.25) is 5.95 Å². The monoisotopic (exact) mass is 196 g/mol. The van der Waals surface area contributed by atoms with E-state index in [1.807, 2.05) is 13.8 Å². The van der Waals surface area contributed by atoms with Gasteiger partial charge in [-0.3, -0.25) is 0 Å². The third-order valence-electron chi connectivity index (χ3n) is 2.63. The van der Waals surface area contributed by atoms with Crippen molar-refractivity contribution in [2.45, 2.75) is 25.4 Å². The quantitative estimate of drug-likeness (QED) is 0.691. The maximum atomic E-state index is 12.9. The fourth-order valence-corrected chi connectivity index (χ4v) is 1.85. The van der Waals surface area contributed by atoms with Crippen molar-refractivity contribution in [3.63, 3.8) is 0 Å². The molecule has 1 aromatic heterocycles. The van der Waals surface area contributed by atoms with Crippen molar-refractivity contribution in [1.82, 2.24) is 4.98 Å². The highest BCUT2D eigenvalue weighted by Crippen LogP contribution is 2.42. The molecule has 2 rings (SSSR count). The van der Waals surface area contributed by atoms with E-state index in [1.54, 1.807) is 6.07 Å². The molecule has 0 radical (unpaired) electrons. The molecule has 1 aliphatic rings. The number of nitrogens with two attached hydrogens (primary N) is 1. The van der Waals surface area contributed by atoms with Crippen LogP contribution in [0, 0.1) is 5.95 Å². The first-order valence-electron chi connectivity index (χ1n) is 4.60. The first-order valence-corrected chi connectivity index (χ1v) is 4.60. The first kappa shape index (κ1) is 9.40. The van der Waals surface area contributed by atoms with Gasteiger partial charge in [-0.15, -0.1) is 0 Å². The Morgan fingerprint density at radius 1 is 1.57 bits per heavy atom. The summed E-state index contributed by atoms with van der Waals surface area (Å²) in [6.07, 6.45) is 0. The van der Waals surface area contributed by atoms with Gasteiger partial charge in [0.05, 0.1) is 11.6 Å². The highest BCUT2D eigenvalue weighted by atomic mass is 19.1. The predicted molar refractivity (Wildman–Crippen MR) is 50.7 cm³/mol. The smallest absolute Gasteiger partial charge is 0.213 e. The van der Waals surface area contributed by atoms with E-state index in [0.717, 1.165) is 0 Å². The zero-order chi connectivity index (χ0) is 10.3. The van der Waals surface area contributed by atoms with E-state index in [4.69, 9.17) is 10.5 Å². The molecule has 0 saturated carbocycles. The number of hydrogen-bond donors (Lipinski definition) is 1. The molecule has 0 saturated heterocycles. The van der Waals surface area contributed by atoms with Gasteiger partial charge in [-0.05, 0) is 26.0 Å². The van der Waals surface area contributed by atoms with Gasteiger partial charge in [0, 0.05) is 6.54 Å². The molecule has 0 aromatic carbocycles. The maximum absolute atomic E-state index is 12.9. The molecular formula is C10H13FN2O. The van der Waals surface area contributed by atoms with Gasteiger partial charge >= 0.3 is 0 Å². The fraction of sp³-hybridized carbons (Fsp3) is 0.500. The Bertz CT molecular complexity index is 365. The molecule has 1 aliphatic heterocycles. The second kappa shape index (κ2) is 2.92. The lowest BCUT2D eigenvalue weighted by Crippen LogP contribution is -2.34. The lowest BCUT2D eigenvalue weighted by Gasteiger charge is -2.24. The van der Waals surface area contributed by atoms with Crippen LogP contribution in [0.5, 0.6) is 5.75 Å². The predicted octanol–water partition coefficient (Wildman–Crippen LogP) is 1.43. The molecule has 76 valence electrons. The van der Waals surface area contributed by atoms with Gasteiger partial charge < -0.3 is 10.5 Å². The highest BCUT2D eigenvalue weighted by Gasteiger charge is 2.41. The van der Waals surface area contributed by atoms with E-state index < -0.39 is 11.5 Å². The van der Waals surface area contributed by atoms with Crippen LogP contribution in [0.4, 0.5) is 4.39 Å². The third-order valence-corrected chi connectivity index (χ3v) is 2.63. The van der Waals surface area contributed by atoms with Crippen LogP contribution in [0.1, 0.15) is 25.5 Å². The average Bonchev–Trinajstić information content (AvgIpc) is 2.34. The Morgan fingerprint density at radius 3 is 2.93 bits per heavy atom. The maximum Gasteiger partial charge on any atom is 0.213 e. The van der Waals surface area contributed by atoms with Gasteiger partial charge in [0.1, 0.15) is 11.4 Å². The van der Waals surface area contributed by atoms with Crippen molar-refractivity contribution in [3.05, 3.63) is 23.8 Å². The number of halogens is 1. The summed E-state index contributed by atoms with van der Waals surface area (Å²) in [6.45, 7) is 4.28. The third kappa shape index (κ3) is 1.26. The van der Waals surface area contributed by atoms with Crippen LogP contribution in [-0.4, -0.2) is 17.1 Å². The summed E-state index contributed by atoms with van der Waals surface area (Å²) < 4.78 is 18.6. The zero-order valence-electron chi connectivity index (χ0n) is 8.25. The molecule has 2 heterocycles. The van der Waals surface area contributed by atoms with Crippen LogP contribution in [0.25, 0.3) is 0 Å². The molecule has 3 nitrogen and oxygen atoms in total. The summed E-state index contributed by atoms with van der Waals surface area (Å²) >= 11 is 0. The van der Waals surface area contributed by atoms with Crippen LogP contribution >= 0.6 is 0 Å². The Kier molecular flexibility index (Phi) is 1.96. The topological polar surface area (TPSA) is 48.1 Å². The number of fused-ring (bicyclic) bond motifs is 1. The molecule has 0 spiro atoms. The largest absolute Gasteiger partial charge is 0.485 e. The molecule has 1 aromatic rings. The van der Waals surface area contributed by atoms with Gasteiger partial charge in [-0.2, -0.15) is 4.39 Å². The molecule has 0 amide bonds. The van der Waals surface area contributed by atoms with E-state index in [-0.39, 0.29) is 5.92 Å². The summed E-state index contributed by atoms with van der Waals surface area (Å²) in [5, 5.41) is 0. The summed E-state index contributed by atoms with van der Waals surface area (Å²) in [5.74, 6) is 0.128. The van der Waals surface area contributed by atoms with Crippen LogP contribution in [0.3, 0.4) is 0 Å². The summed E-state index contributed by atoms with van der Waals surface area (Å²) in [6, 6.07) is 2.91. The normalized spacial score (nSPS) is 23.0. The number of nitrogens with zero attached hydrogens (tertiary/aromatic N) is 1. The number of hydrogen-bond acceptors (Lipinski definition) is 3. The molecule has 0 bridgehead atoms. The molecule has 4 heteroatoms. The van der Waals surface area contributed by atoms with Gasteiger partial charge in [-0.1, -0.05) is 0 Å². The van der Waals surface area contributed by atoms with E-state index in [0.29, 0.717) is 18.0 Å². The number of aromatic nitrogens is 1. The van der Waals surface area contributed by atoms with Crippen molar-refractivity contribution < 1.29 is 9.13 Å². The molecule has 14 heavy (non-hydrogen) atoms. The lowest BCUT2D eigenvalue weighted by atomic mass is 9.90. The first-order chi connectivity index (χ1) is 6.54. The molecule has 1 atom stereocenters. The van der Waals surface area contributed by atoms with Gasteiger partial charge in [0.25, 0.3) is 0 Å². The zero-order valence-corrected chi connectivity index (χ0v) is 8.25. The van der Waals surface area contributed by atoms with E-state index in [1.165, 1.54) is 6.07 Å². The molecule has 0 fully saturated rings. The van der Waals surface area contributed by atoms with E-state index in [2.05, 4.69) is 4.98 Å². The minimum Gasteiger partial charge on any atom is -0.485 e. The van der Waals surface area contributed by atoms with Crippen LogP contribution < -0.4 is 10.5 Å². The molecule has 0 unspecified atom stereocenters. The lowest BCUT2D eigenvalue weighted by molar-refractivity contribution is 0.112. The summed E-state index contributed by atoms with van der Waals surface area (Å²) in [5.41, 5.74) is 5.88. The van der Waals surface area contributed by atoms with Crippen molar-refractivity contribution >= 4 is 0 Å². The van der Waals surface area contributed by atoms with Crippen LogP contribution in [0.15, 0.2) is 12.1 Å². The number of pyridine rings is 1. The van der Waals surface area contributed by atoms with Crippen molar-refractivity contribution in [2.24, 2.45) is 5.73 Å². The molecular weight excluding hydrogens is 183 g/mol.